The second-order valence-electron chi connectivity index (χ2n) is 4.68. The lowest BCUT2D eigenvalue weighted by Gasteiger charge is -2.09. The van der Waals surface area contributed by atoms with Crippen LogP contribution in [0.2, 0.25) is 0 Å². The Morgan fingerprint density at radius 2 is 1.88 bits per heavy atom. The molecule has 118 valence electrons. The lowest BCUT2D eigenvalue weighted by molar-refractivity contribution is -0.384. The Balaban J connectivity index is 2.08. The van der Waals surface area contributed by atoms with Gasteiger partial charge in [-0.2, -0.15) is 10.5 Å². The zero-order chi connectivity index (χ0) is 17.5. The monoisotopic (exact) mass is 383 g/mol. The first kappa shape index (κ1) is 17.2. The molecule has 0 heterocycles. The van der Waals surface area contributed by atoms with Gasteiger partial charge in [0, 0.05) is 12.1 Å². The first-order valence-corrected chi connectivity index (χ1v) is 7.50. The number of benzene rings is 2. The van der Waals surface area contributed by atoms with Crippen molar-refractivity contribution < 1.29 is 9.66 Å². The van der Waals surface area contributed by atoms with Gasteiger partial charge in [-0.1, -0.05) is 6.07 Å². The minimum Gasteiger partial charge on any atom is -0.488 e. The van der Waals surface area contributed by atoms with Crippen LogP contribution in [0.5, 0.6) is 5.75 Å². The number of rotatable bonds is 5. The van der Waals surface area contributed by atoms with Gasteiger partial charge in [0.2, 0.25) is 0 Å². The summed E-state index contributed by atoms with van der Waals surface area (Å²) in [6.45, 7) is 0.257. The van der Waals surface area contributed by atoms with E-state index in [1.54, 1.807) is 42.5 Å². The highest BCUT2D eigenvalue weighted by Gasteiger charge is 2.06. The molecule has 0 radical (unpaired) electrons. The minimum absolute atomic E-state index is 0.0152. The molecule has 0 aliphatic carbocycles. The molecular weight excluding hydrogens is 374 g/mol. The summed E-state index contributed by atoms with van der Waals surface area (Å²) in [4.78, 5) is 10.2. The van der Waals surface area contributed by atoms with E-state index in [4.69, 9.17) is 15.3 Å². The molecule has 0 atom stereocenters. The van der Waals surface area contributed by atoms with Gasteiger partial charge < -0.3 is 4.74 Å². The molecule has 0 unspecified atom stereocenters. The Morgan fingerprint density at radius 3 is 2.42 bits per heavy atom. The molecule has 0 amide bonds. The molecule has 0 saturated heterocycles. The second kappa shape index (κ2) is 7.91. The lowest BCUT2D eigenvalue weighted by Crippen LogP contribution is -1.97. The molecule has 0 N–H and O–H groups in total. The van der Waals surface area contributed by atoms with Crippen LogP contribution in [-0.4, -0.2) is 4.92 Å². The molecule has 6 nitrogen and oxygen atoms in total. The van der Waals surface area contributed by atoms with E-state index in [9.17, 15) is 10.1 Å². The summed E-state index contributed by atoms with van der Waals surface area (Å²) < 4.78 is 6.34. The van der Waals surface area contributed by atoms with Crippen molar-refractivity contribution in [2.24, 2.45) is 0 Å². The van der Waals surface area contributed by atoms with Crippen molar-refractivity contribution in [1.29, 1.82) is 10.5 Å². The molecule has 0 aliphatic rings. The number of non-ortho nitro benzene ring substituents is 1. The highest BCUT2D eigenvalue weighted by atomic mass is 79.9. The van der Waals surface area contributed by atoms with Crippen molar-refractivity contribution in [3.8, 4) is 17.9 Å². The van der Waals surface area contributed by atoms with E-state index in [0.29, 0.717) is 15.8 Å². The van der Waals surface area contributed by atoms with Crippen molar-refractivity contribution in [2.75, 3.05) is 0 Å². The zero-order valence-corrected chi connectivity index (χ0v) is 13.9. The number of allylic oxidation sites excluding steroid dienone is 1. The van der Waals surface area contributed by atoms with Crippen LogP contribution in [0.15, 0.2) is 52.5 Å². The molecule has 7 heteroatoms. The maximum atomic E-state index is 10.6. The molecule has 0 spiro atoms. The summed E-state index contributed by atoms with van der Waals surface area (Å²) in [5, 5.41) is 28.1. The third-order valence-electron chi connectivity index (χ3n) is 3.05. The first-order valence-electron chi connectivity index (χ1n) is 6.71. The fourth-order valence-corrected chi connectivity index (χ4v) is 2.37. The topological polar surface area (TPSA) is 100.0 Å². The first-order chi connectivity index (χ1) is 11.5. The van der Waals surface area contributed by atoms with E-state index < -0.39 is 4.92 Å². The van der Waals surface area contributed by atoms with E-state index in [1.807, 2.05) is 0 Å². The van der Waals surface area contributed by atoms with E-state index in [2.05, 4.69) is 15.9 Å². The van der Waals surface area contributed by atoms with Gasteiger partial charge in [-0.3, -0.25) is 10.1 Å². The van der Waals surface area contributed by atoms with E-state index in [0.717, 1.165) is 5.56 Å². The van der Waals surface area contributed by atoms with Gasteiger partial charge in [-0.05, 0) is 57.4 Å². The normalized spacial score (nSPS) is 9.46. The van der Waals surface area contributed by atoms with Crippen LogP contribution < -0.4 is 4.74 Å². The smallest absolute Gasteiger partial charge is 0.269 e. The number of hydrogen-bond acceptors (Lipinski definition) is 5. The number of nitro benzene ring substituents is 1. The predicted octanol–water partition coefficient (Wildman–Crippen LogP) is 4.37. The number of nitrogens with zero attached hydrogens (tertiary/aromatic N) is 3. The van der Waals surface area contributed by atoms with Crippen LogP contribution in [0.4, 0.5) is 5.69 Å². The van der Waals surface area contributed by atoms with Crippen LogP contribution in [0.1, 0.15) is 11.1 Å². The molecule has 24 heavy (non-hydrogen) atoms. The maximum absolute atomic E-state index is 10.6. The second-order valence-corrected chi connectivity index (χ2v) is 5.54. The zero-order valence-electron chi connectivity index (χ0n) is 12.3. The average Bonchev–Trinajstić information content (AvgIpc) is 2.59. The minimum atomic E-state index is -0.454. The molecule has 2 aromatic carbocycles. The van der Waals surface area contributed by atoms with Gasteiger partial charge >= 0.3 is 0 Å². The van der Waals surface area contributed by atoms with Crippen LogP contribution >= 0.6 is 15.9 Å². The standard InChI is InChI=1S/C17H10BrN3O3/c18-16-8-13(7-14(9-19)10-20)3-6-17(16)24-11-12-1-4-15(5-2-12)21(22)23/h1-8H,11H2. The van der Waals surface area contributed by atoms with E-state index in [1.165, 1.54) is 18.2 Å². The van der Waals surface area contributed by atoms with Gasteiger partial charge in [0.15, 0.2) is 0 Å². The van der Waals surface area contributed by atoms with E-state index in [-0.39, 0.29) is 17.9 Å². The summed E-state index contributed by atoms with van der Waals surface area (Å²) in [7, 11) is 0. The van der Waals surface area contributed by atoms with Crippen LogP contribution in [0, 0.1) is 32.8 Å². The van der Waals surface area contributed by atoms with Gasteiger partial charge in [0.25, 0.3) is 5.69 Å². The molecule has 0 aromatic heterocycles. The summed E-state index contributed by atoms with van der Waals surface area (Å²) >= 11 is 3.38. The van der Waals surface area contributed by atoms with E-state index >= 15 is 0 Å². The summed E-state index contributed by atoms with van der Waals surface area (Å²) in [6.07, 6.45) is 1.48. The maximum Gasteiger partial charge on any atom is 0.269 e. The quantitative estimate of drug-likeness (QED) is 0.433. The largest absolute Gasteiger partial charge is 0.488 e. The number of nitro groups is 1. The van der Waals surface area contributed by atoms with Crippen molar-refractivity contribution in [2.45, 2.75) is 6.61 Å². The third-order valence-corrected chi connectivity index (χ3v) is 3.67. The lowest BCUT2D eigenvalue weighted by atomic mass is 10.1. The molecular formula is C17H10BrN3O3. The summed E-state index contributed by atoms with van der Waals surface area (Å²) in [5.74, 6) is 0.584. The van der Waals surface area contributed by atoms with Gasteiger partial charge in [0.1, 0.15) is 30.1 Å². The Morgan fingerprint density at radius 1 is 1.21 bits per heavy atom. The Kier molecular flexibility index (Phi) is 5.67. The number of ether oxygens (including phenoxy) is 1. The average molecular weight is 384 g/mol. The Hall–Kier alpha value is -3.16. The summed E-state index contributed by atoms with van der Waals surface area (Å²) in [6, 6.07) is 14.9. The predicted molar refractivity (Wildman–Crippen MR) is 90.8 cm³/mol. The van der Waals surface area contributed by atoms with Crippen LogP contribution in [0.25, 0.3) is 6.08 Å². The number of halogens is 1. The molecule has 0 saturated carbocycles. The highest BCUT2D eigenvalue weighted by molar-refractivity contribution is 9.10. The van der Waals surface area contributed by atoms with Gasteiger partial charge in [0.05, 0.1) is 9.40 Å². The summed E-state index contributed by atoms with van der Waals surface area (Å²) in [5.41, 5.74) is 1.54. The molecule has 2 aromatic rings. The van der Waals surface area contributed by atoms with Crippen molar-refractivity contribution in [3.05, 3.63) is 73.8 Å². The number of hydrogen-bond donors (Lipinski definition) is 0. The van der Waals surface area contributed by atoms with Gasteiger partial charge in [-0.25, -0.2) is 0 Å². The van der Waals surface area contributed by atoms with Crippen LogP contribution in [-0.2, 0) is 6.61 Å². The molecule has 2 rings (SSSR count). The molecule has 0 aliphatic heterocycles. The fraction of sp³-hybridized carbons (Fsp3) is 0.0588. The Bertz CT molecular complexity index is 861. The van der Waals surface area contributed by atoms with Crippen molar-refractivity contribution in [1.82, 2.24) is 0 Å². The highest BCUT2D eigenvalue weighted by Crippen LogP contribution is 2.28. The fourth-order valence-electron chi connectivity index (χ4n) is 1.86. The third kappa shape index (κ3) is 4.42. The van der Waals surface area contributed by atoms with Crippen molar-refractivity contribution in [3.63, 3.8) is 0 Å². The van der Waals surface area contributed by atoms with Crippen LogP contribution in [0.3, 0.4) is 0 Å². The number of nitriles is 2. The Labute approximate surface area is 146 Å². The molecule has 0 fully saturated rings. The van der Waals surface area contributed by atoms with Gasteiger partial charge in [-0.15, -0.1) is 0 Å². The van der Waals surface area contributed by atoms with Crippen molar-refractivity contribution >= 4 is 27.7 Å². The SMILES string of the molecule is N#CC(C#N)=Cc1ccc(OCc2ccc([N+](=O)[O-])cc2)c(Br)c1. The molecule has 0 bridgehead atoms.